The Morgan fingerprint density at radius 1 is 0.976 bits per heavy atom. The third-order valence-electron chi connectivity index (χ3n) is 7.53. The van der Waals surface area contributed by atoms with E-state index in [0.717, 1.165) is 49.3 Å². The summed E-state index contributed by atoms with van der Waals surface area (Å²) in [5.74, 6) is -0.780. The van der Waals surface area contributed by atoms with Crippen molar-refractivity contribution in [2.75, 3.05) is 30.4 Å². The molecular weight excluding hydrogens is 547 g/mol. The van der Waals surface area contributed by atoms with E-state index in [4.69, 9.17) is 0 Å². The van der Waals surface area contributed by atoms with Crippen LogP contribution in [0.2, 0.25) is 0 Å². The van der Waals surface area contributed by atoms with E-state index in [1.54, 1.807) is 19.1 Å². The van der Waals surface area contributed by atoms with E-state index in [-0.39, 0.29) is 17.7 Å². The number of piperidine rings is 1. The molecule has 10 heteroatoms. The second kappa shape index (κ2) is 13.1. The van der Waals surface area contributed by atoms with Crippen LogP contribution in [0.3, 0.4) is 0 Å². The molecule has 1 atom stereocenters. The summed E-state index contributed by atoms with van der Waals surface area (Å²) >= 11 is 0. The summed E-state index contributed by atoms with van der Waals surface area (Å²) in [6.07, 6.45) is -2.42. The van der Waals surface area contributed by atoms with Crippen LogP contribution in [0.5, 0.6) is 0 Å². The number of benzene rings is 3. The Labute approximate surface area is 243 Å². The van der Waals surface area contributed by atoms with Crippen molar-refractivity contribution in [1.82, 2.24) is 5.32 Å². The van der Waals surface area contributed by atoms with E-state index >= 15 is 0 Å². The molecule has 2 amide bonds. The van der Waals surface area contributed by atoms with Gasteiger partial charge in [-0.15, -0.1) is 0 Å². The van der Waals surface area contributed by atoms with Crippen molar-refractivity contribution in [2.45, 2.75) is 45.3 Å². The molecule has 0 unspecified atom stereocenters. The monoisotopic (exact) mass is 581 g/mol. The lowest BCUT2D eigenvalue weighted by Crippen LogP contribution is -2.41. The van der Waals surface area contributed by atoms with E-state index in [1.807, 2.05) is 37.3 Å². The number of methoxy groups -OCH3 is 1. The average Bonchev–Trinajstić information content (AvgIpc) is 2.97. The summed E-state index contributed by atoms with van der Waals surface area (Å²) in [6.45, 7) is 4.96. The summed E-state index contributed by atoms with van der Waals surface area (Å²) in [5, 5.41) is 5.58. The molecule has 0 saturated carbocycles. The van der Waals surface area contributed by atoms with Gasteiger partial charge >= 0.3 is 12.1 Å². The van der Waals surface area contributed by atoms with Crippen molar-refractivity contribution < 1.29 is 32.3 Å². The van der Waals surface area contributed by atoms with E-state index in [1.165, 1.54) is 19.2 Å². The van der Waals surface area contributed by atoms with Crippen LogP contribution in [-0.4, -0.2) is 44.0 Å². The van der Waals surface area contributed by atoms with Gasteiger partial charge in [-0.05, 0) is 91.8 Å². The Hall–Kier alpha value is -4.34. The first-order chi connectivity index (χ1) is 20.0. The van der Waals surface area contributed by atoms with Gasteiger partial charge in [0, 0.05) is 36.4 Å². The van der Waals surface area contributed by atoms with Gasteiger partial charge in [0.15, 0.2) is 0 Å². The Bertz CT molecular complexity index is 1410. The first kappa shape index (κ1) is 30.6. The molecule has 0 aromatic heterocycles. The van der Waals surface area contributed by atoms with Crippen molar-refractivity contribution in [3.8, 4) is 11.1 Å². The first-order valence-electron chi connectivity index (χ1n) is 13.8. The van der Waals surface area contributed by atoms with E-state index in [2.05, 4.69) is 20.3 Å². The minimum absolute atomic E-state index is 0.165. The summed E-state index contributed by atoms with van der Waals surface area (Å²) in [7, 11) is 1.29. The first-order valence-corrected chi connectivity index (χ1v) is 13.8. The SMILES string of the molecule is COC(=O)[C@H](C)NC(=O)CC1CCN(c2ccc(NC(=O)c3cccc(C)c3-c3ccc(C(F)(F)F)cc3)cc2)CC1. The maximum Gasteiger partial charge on any atom is 0.416 e. The Morgan fingerprint density at radius 3 is 2.21 bits per heavy atom. The number of carbonyl (C=O) groups is 3. The molecule has 2 N–H and O–H groups in total. The number of halogens is 3. The fraction of sp³-hybridized carbons (Fsp3) is 0.344. The Kier molecular flexibility index (Phi) is 9.55. The van der Waals surface area contributed by atoms with Crippen LogP contribution in [0.25, 0.3) is 11.1 Å². The third kappa shape index (κ3) is 7.48. The minimum Gasteiger partial charge on any atom is -0.467 e. The molecule has 3 aromatic rings. The fourth-order valence-electron chi connectivity index (χ4n) is 5.21. The van der Waals surface area contributed by atoms with E-state index in [9.17, 15) is 27.6 Å². The zero-order chi connectivity index (χ0) is 30.4. The maximum absolute atomic E-state index is 13.3. The molecule has 1 aliphatic rings. The highest BCUT2D eigenvalue weighted by Crippen LogP contribution is 2.33. The van der Waals surface area contributed by atoms with Crippen LogP contribution in [0.15, 0.2) is 66.7 Å². The molecule has 3 aromatic carbocycles. The highest BCUT2D eigenvalue weighted by molar-refractivity contribution is 6.09. The normalized spacial score (nSPS) is 14.7. The zero-order valence-corrected chi connectivity index (χ0v) is 23.8. The molecule has 222 valence electrons. The number of alkyl halides is 3. The van der Waals surface area contributed by atoms with Gasteiger partial charge in [-0.1, -0.05) is 24.3 Å². The number of nitrogens with one attached hydrogen (secondary N) is 2. The van der Waals surface area contributed by atoms with Crippen molar-refractivity contribution in [1.29, 1.82) is 0 Å². The Balaban J connectivity index is 1.36. The lowest BCUT2D eigenvalue weighted by molar-refractivity contribution is -0.144. The molecule has 1 saturated heterocycles. The number of carbonyl (C=O) groups excluding carboxylic acids is 3. The van der Waals surface area contributed by atoms with Gasteiger partial charge in [-0.2, -0.15) is 13.2 Å². The Morgan fingerprint density at radius 2 is 1.62 bits per heavy atom. The quantitative estimate of drug-likeness (QED) is 0.309. The van der Waals surface area contributed by atoms with Gasteiger partial charge in [-0.3, -0.25) is 9.59 Å². The van der Waals surface area contributed by atoms with Gasteiger partial charge in [0.05, 0.1) is 12.7 Å². The largest absolute Gasteiger partial charge is 0.467 e. The van der Waals surface area contributed by atoms with E-state index in [0.29, 0.717) is 28.8 Å². The van der Waals surface area contributed by atoms with Gasteiger partial charge < -0.3 is 20.3 Å². The van der Waals surface area contributed by atoms with Crippen molar-refractivity contribution in [3.63, 3.8) is 0 Å². The molecule has 42 heavy (non-hydrogen) atoms. The van der Waals surface area contributed by atoms with Crippen molar-refractivity contribution in [2.24, 2.45) is 5.92 Å². The number of hydrogen-bond donors (Lipinski definition) is 2. The standard InChI is InChI=1S/C32H34F3N3O4/c1-20-5-4-6-27(29(20)23-7-9-24(10-8-23)32(33,34)35)30(40)37-25-11-13-26(14-12-25)38-17-15-22(16-18-38)19-28(39)36-21(2)31(41)42-3/h4-14,21-22H,15-19H2,1-3H3,(H,36,39)(H,37,40)/t21-/m0/s1. The lowest BCUT2D eigenvalue weighted by atomic mass is 9.92. The van der Waals surface area contributed by atoms with Crippen molar-refractivity contribution >= 4 is 29.2 Å². The maximum atomic E-state index is 13.3. The molecule has 4 rings (SSSR count). The number of aryl methyl sites for hydroxylation is 1. The smallest absolute Gasteiger partial charge is 0.416 e. The summed E-state index contributed by atoms with van der Waals surface area (Å²) < 4.78 is 43.8. The van der Waals surface area contributed by atoms with Crippen LogP contribution >= 0.6 is 0 Å². The highest BCUT2D eigenvalue weighted by Gasteiger charge is 2.30. The number of esters is 1. The summed E-state index contributed by atoms with van der Waals surface area (Å²) in [4.78, 5) is 39.3. The predicted octanol–water partition coefficient (Wildman–Crippen LogP) is 6.22. The number of amides is 2. The zero-order valence-electron chi connectivity index (χ0n) is 23.8. The topological polar surface area (TPSA) is 87.7 Å². The number of ether oxygens (including phenoxy) is 1. The van der Waals surface area contributed by atoms with Crippen LogP contribution in [0.4, 0.5) is 24.5 Å². The van der Waals surface area contributed by atoms with Crippen LogP contribution in [-0.2, 0) is 20.5 Å². The number of rotatable bonds is 8. The second-order valence-corrected chi connectivity index (χ2v) is 10.5. The molecule has 1 aliphatic heterocycles. The average molecular weight is 582 g/mol. The molecule has 0 bridgehead atoms. The number of hydrogen-bond acceptors (Lipinski definition) is 5. The van der Waals surface area contributed by atoms with Crippen LogP contribution in [0, 0.1) is 12.8 Å². The number of anilines is 2. The molecular formula is C32H34F3N3O4. The minimum atomic E-state index is -4.44. The molecule has 0 spiro atoms. The molecule has 7 nitrogen and oxygen atoms in total. The lowest BCUT2D eigenvalue weighted by Gasteiger charge is -2.33. The van der Waals surface area contributed by atoms with Crippen LogP contribution < -0.4 is 15.5 Å². The molecule has 1 heterocycles. The predicted molar refractivity (Wildman–Crippen MR) is 155 cm³/mol. The second-order valence-electron chi connectivity index (χ2n) is 10.5. The summed E-state index contributed by atoms with van der Waals surface area (Å²) in [5.41, 5.74) is 3.09. The molecule has 0 aliphatic carbocycles. The fourth-order valence-corrected chi connectivity index (χ4v) is 5.21. The summed E-state index contributed by atoms with van der Waals surface area (Å²) in [6, 6.07) is 16.8. The number of nitrogens with zero attached hydrogens (tertiary/aromatic N) is 1. The van der Waals surface area contributed by atoms with Gasteiger partial charge in [0.1, 0.15) is 6.04 Å². The van der Waals surface area contributed by atoms with Gasteiger partial charge in [0.2, 0.25) is 5.91 Å². The van der Waals surface area contributed by atoms with Crippen LogP contribution in [0.1, 0.15) is 47.7 Å². The van der Waals surface area contributed by atoms with Gasteiger partial charge in [0.25, 0.3) is 5.91 Å². The highest BCUT2D eigenvalue weighted by atomic mass is 19.4. The van der Waals surface area contributed by atoms with E-state index < -0.39 is 23.8 Å². The van der Waals surface area contributed by atoms with Gasteiger partial charge in [-0.25, -0.2) is 4.79 Å². The molecule has 0 radical (unpaired) electrons. The van der Waals surface area contributed by atoms with Crippen molar-refractivity contribution in [3.05, 3.63) is 83.4 Å². The third-order valence-corrected chi connectivity index (χ3v) is 7.53. The molecule has 1 fully saturated rings.